The number of carbonyl (C=O) groups is 2. The van der Waals surface area contributed by atoms with Gasteiger partial charge >= 0.3 is 6.09 Å². The molecule has 138 valence electrons. The summed E-state index contributed by atoms with van der Waals surface area (Å²) in [7, 11) is 0. The van der Waals surface area contributed by atoms with Crippen molar-refractivity contribution in [3.63, 3.8) is 0 Å². The average molecular weight is 350 g/mol. The summed E-state index contributed by atoms with van der Waals surface area (Å²) in [6, 6.07) is 6.24. The standard InChI is InChI=1S/C18H26N2O5/c1-4-24-15-7-5-13(6-8-15)19-17(22)16-9-14(21)10-20(16)18(23)25-11-12(2)3/h5-8,12,14,16,21H,4,9-11H2,1-3H3,(H,19,22)/t14-,16-/m1/s1. The van der Waals surface area contributed by atoms with E-state index >= 15 is 0 Å². The number of ether oxygens (including phenoxy) is 2. The number of nitrogens with one attached hydrogen (secondary N) is 1. The van der Waals surface area contributed by atoms with E-state index in [2.05, 4.69) is 5.32 Å². The first-order valence-corrected chi connectivity index (χ1v) is 8.55. The number of rotatable bonds is 6. The molecule has 0 unspecified atom stereocenters. The molecule has 2 amide bonds. The van der Waals surface area contributed by atoms with E-state index in [-0.39, 0.29) is 31.4 Å². The van der Waals surface area contributed by atoms with Gasteiger partial charge in [-0.1, -0.05) is 13.8 Å². The van der Waals surface area contributed by atoms with Crippen LogP contribution in [0.2, 0.25) is 0 Å². The number of hydrogen-bond acceptors (Lipinski definition) is 5. The van der Waals surface area contributed by atoms with Crippen molar-refractivity contribution in [3.05, 3.63) is 24.3 Å². The lowest BCUT2D eigenvalue weighted by Crippen LogP contribution is -2.43. The summed E-state index contributed by atoms with van der Waals surface area (Å²) in [5, 5.41) is 12.6. The molecule has 1 fully saturated rings. The Morgan fingerprint density at radius 2 is 2.00 bits per heavy atom. The van der Waals surface area contributed by atoms with Gasteiger partial charge in [0.1, 0.15) is 11.8 Å². The molecule has 1 saturated heterocycles. The maximum absolute atomic E-state index is 12.5. The zero-order valence-corrected chi connectivity index (χ0v) is 14.9. The Labute approximate surface area is 147 Å². The van der Waals surface area contributed by atoms with Gasteiger partial charge in [0.15, 0.2) is 0 Å². The van der Waals surface area contributed by atoms with Gasteiger partial charge in [0.25, 0.3) is 0 Å². The summed E-state index contributed by atoms with van der Waals surface area (Å²) in [4.78, 5) is 26.0. The topological polar surface area (TPSA) is 88.1 Å². The highest BCUT2D eigenvalue weighted by molar-refractivity contribution is 5.97. The summed E-state index contributed by atoms with van der Waals surface area (Å²) in [5.41, 5.74) is 0.602. The predicted octanol–water partition coefficient (Wildman–Crippen LogP) is 2.25. The lowest BCUT2D eigenvalue weighted by Gasteiger charge is -2.23. The van der Waals surface area contributed by atoms with Crippen LogP contribution in [0.15, 0.2) is 24.3 Å². The summed E-state index contributed by atoms with van der Waals surface area (Å²) >= 11 is 0. The molecule has 7 heteroatoms. The highest BCUT2D eigenvalue weighted by atomic mass is 16.6. The van der Waals surface area contributed by atoms with Crippen molar-refractivity contribution in [2.45, 2.75) is 39.3 Å². The molecular weight excluding hydrogens is 324 g/mol. The molecule has 0 saturated carbocycles. The van der Waals surface area contributed by atoms with E-state index in [9.17, 15) is 14.7 Å². The quantitative estimate of drug-likeness (QED) is 0.821. The summed E-state index contributed by atoms with van der Waals surface area (Å²) in [6.45, 7) is 6.70. The van der Waals surface area contributed by atoms with Gasteiger partial charge in [0.05, 0.1) is 25.9 Å². The molecule has 25 heavy (non-hydrogen) atoms. The van der Waals surface area contributed by atoms with Crippen LogP contribution in [0.1, 0.15) is 27.2 Å². The number of likely N-dealkylation sites (tertiary alicyclic amines) is 1. The molecule has 0 spiro atoms. The lowest BCUT2D eigenvalue weighted by atomic mass is 10.2. The smallest absolute Gasteiger partial charge is 0.410 e. The Kier molecular flexibility index (Phi) is 6.64. The third-order valence-electron chi connectivity index (χ3n) is 3.79. The van der Waals surface area contributed by atoms with Gasteiger partial charge in [-0.15, -0.1) is 0 Å². The van der Waals surface area contributed by atoms with Crippen molar-refractivity contribution in [3.8, 4) is 5.75 Å². The normalized spacial score (nSPS) is 19.8. The molecule has 0 bridgehead atoms. The van der Waals surface area contributed by atoms with Crippen LogP contribution in [0.5, 0.6) is 5.75 Å². The van der Waals surface area contributed by atoms with Crippen molar-refractivity contribution in [2.75, 3.05) is 25.1 Å². The van der Waals surface area contributed by atoms with Gasteiger partial charge in [-0.05, 0) is 37.1 Å². The number of carbonyl (C=O) groups excluding carboxylic acids is 2. The van der Waals surface area contributed by atoms with Gasteiger partial charge in [0, 0.05) is 12.1 Å². The Balaban J connectivity index is 1.99. The minimum Gasteiger partial charge on any atom is -0.494 e. The number of aliphatic hydroxyl groups excluding tert-OH is 1. The van der Waals surface area contributed by atoms with E-state index in [4.69, 9.17) is 9.47 Å². The Hall–Kier alpha value is -2.28. The summed E-state index contributed by atoms with van der Waals surface area (Å²) in [5.74, 6) is 0.575. The van der Waals surface area contributed by atoms with Crippen molar-refractivity contribution in [1.29, 1.82) is 0 Å². The number of benzene rings is 1. The van der Waals surface area contributed by atoms with Gasteiger partial charge in [0.2, 0.25) is 5.91 Å². The molecule has 0 aliphatic carbocycles. The second-order valence-corrected chi connectivity index (χ2v) is 6.48. The van der Waals surface area contributed by atoms with Gasteiger partial charge in [-0.25, -0.2) is 4.79 Å². The highest BCUT2D eigenvalue weighted by Crippen LogP contribution is 2.22. The molecule has 0 aromatic heterocycles. The average Bonchev–Trinajstić information content (AvgIpc) is 2.97. The number of anilines is 1. The molecule has 1 aromatic carbocycles. The van der Waals surface area contributed by atoms with Crippen LogP contribution < -0.4 is 10.1 Å². The fourth-order valence-electron chi connectivity index (χ4n) is 2.61. The van der Waals surface area contributed by atoms with Crippen LogP contribution in [0.3, 0.4) is 0 Å². The van der Waals surface area contributed by atoms with E-state index in [1.165, 1.54) is 4.90 Å². The first-order valence-electron chi connectivity index (χ1n) is 8.55. The molecule has 1 aromatic rings. The van der Waals surface area contributed by atoms with E-state index in [0.717, 1.165) is 5.75 Å². The molecule has 2 N–H and O–H groups in total. The van der Waals surface area contributed by atoms with Crippen molar-refractivity contribution < 1.29 is 24.2 Å². The van der Waals surface area contributed by atoms with E-state index in [1.54, 1.807) is 24.3 Å². The highest BCUT2D eigenvalue weighted by Gasteiger charge is 2.39. The minimum absolute atomic E-state index is 0.0955. The molecule has 7 nitrogen and oxygen atoms in total. The van der Waals surface area contributed by atoms with Crippen LogP contribution in [0.4, 0.5) is 10.5 Å². The largest absolute Gasteiger partial charge is 0.494 e. The molecule has 0 radical (unpaired) electrons. The Morgan fingerprint density at radius 1 is 1.32 bits per heavy atom. The summed E-state index contributed by atoms with van der Waals surface area (Å²) in [6.07, 6.45) is -1.11. The fraction of sp³-hybridized carbons (Fsp3) is 0.556. The SMILES string of the molecule is CCOc1ccc(NC(=O)[C@H]2C[C@@H](O)CN2C(=O)OCC(C)C)cc1. The van der Waals surface area contributed by atoms with Gasteiger partial charge in [-0.2, -0.15) is 0 Å². The van der Waals surface area contributed by atoms with Crippen LogP contribution in [-0.4, -0.2) is 53.9 Å². The number of amides is 2. The Morgan fingerprint density at radius 3 is 2.60 bits per heavy atom. The number of aliphatic hydroxyl groups is 1. The molecule has 1 aliphatic rings. The lowest BCUT2D eigenvalue weighted by molar-refractivity contribution is -0.120. The zero-order chi connectivity index (χ0) is 18.4. The van der Waals surface area contributed by atoms with E-state index in [0.29, 0.717) is 12.3 Å². The van der Waals surface area contributed by atoms with Crippen molar-refractivity contribution in [2.24, 2.45) is 5.92 Å². The third-order valence-corrected chi connectivity index (χ3v) is 3.79. The third kappa shape index (κ3) is 5.35. The molecule has 1 aliphatic heterocycles. The maximum atomic E-state index is 12.5. The monoisotopic (exact) mass is 350 g/mol. The summed E-state index contributed by atoms with van der Waals surface area (Å²) < 4.78 is 10.5. The van der Waals surface area contributed by atoms with Crippen molar-refractivity contribution >= 4 is 17.7 Å². The van der Waals surface area contributed by atoms with Crippen LogP contribution >= 0.6 is 0 Å². The van der Waals surface area contributed by atoms with Gasteiger partial charge < -0.3 is 19.9 Å². The first-order chi connectivity index (χ1) is 11.9. The maximum Gasteiger partial charge on any atom is 0.410 e. The predicted molar refractivity (Wildman–Crippen MR) is 93.5 cm³/mol. The van der Waals surface area contributed by atoms with Gasteiger partial charge in [-0.3, -0.25) is 9.69 Å². The number of hydrogen-bond donors (Lipinski definition) is 2. The van der Waals surface area contributed by atoms with E-state index < -0.39 is 18.2 Å². The molecular formula is C18H26N2O5. The Bertz CT molecular complexity index is 588. The minimum atomic E-state index is -0.749. The van der Waals surface area contributed by atoms with Crippen LogP contribution in [-0.2, 0) is 9.53 Å². The zero-order valence-electron chi connectivity index (χ0n) is 14.9. The fourth-order valence-corrected chi connectivity index (χ4v) is 2.61. The second-order valence-electron chi connectivity index (χ2n) is 6.48. The molecule has 1 heterocycles. The van der Waals surface area contributed by atoms with E-state index in [1.807, 2.05) is 20.8 Å². The van der Waals surface area contributed by atoms with Crippen molar-refractivity contribution in [1.82, 2.24) is 4.90 Å². The second kappa shape index (κ2) is 8.71. The van der Waals surface area contributed by atoms with Crippen LogP contribution in [0, 0.1) is 5.92 Å². The molecule has 2 atom stereocenters. The molecule has 2 rings (SSSR count). The first kappa shape index (κ1) is 19.1. The number of nitrogens with zero attached hydrogens (tertiary/aromatic N) is 1. The van der Waals surface area contributed by atoms with Crippen LogP contribution in [0.25, 0.3) is 0 Å². The number of β-amino-alcohol motifs (C(OH)–C–C–N with tert-alkyl or cyclic N) is 1.